The van der Waals surface area contributed by atoms with Gasteiger partial charge in [0.05, 0.1) is 12.3 Å². The van der Waals surface area contributed by atoms with Crippen molar-refractivity contribution in [1.82, 2.24) is 5.32 Å². The zero-order chi connectivity index (χ0) is 30.1. The minimum atomic E-state index is -0.867. The van der Waals surface area contributed by atoms with Gasteiger partial charge in [-0.15, -0.1) is 0 Å². The molecule has 8 nitrogen and oxygen atoms in total. The number of oxime groups is 1. The number of aromatic hydroxyl groups is 1. The third kappa shape index (κ3) is 5.86. The number of hydrogen-bond acceptors (Lipinski definition) is 7. The second kappa shape index (κ2) is 12.2. The first-order chi connectivity index (χ1) is 20.0. The van der Waals surface area contributed by atoms with Crippen LogP contribution >= 0.6 is 0 Å². The normalized spacial score (nSPS) is 33.4. The maximum absolute atomic E-state index is 12.7. The molecule has 0 saturated heterocycles. The number of phenolic OH excluding ortho intramolecular Hbond substituents is 1. The molecular formula is C34H46N2O6. The Kier molecular flexibility index (Phi) is 8.81. The third-order valence-corrected chi connectivity index (χ3v) is 11.1. The summed E-state index contributed by atoms with van der Waals surface area (Å²) in [6.07, 6.45) is 11.0. The van der Waals surface area contributed by atoms with Crippen molar-refractivity contribution in [3.63, 3.8) is 0 Å². The van der Waals surface area contributed by atoms with E-state index in [1.807, 2.05) is 0 Å². The van der Waals surface area contributed by atoms with Gasteiger partial charge in [0, 0.05) is 12.3 Å². The van der Waals surface area contributed by atoms with E-state index in [2.05, 4.69) is 30.4 Å². The highest BCUT2D eigenvalue weighted by Gasteiger charge is 2.59. The summed E-state index contributed by atoms with van der Waals surface area (Å²) in [5, 5.41) is 16.6. The number of amides is 1. The second-order valence-corrected chi connectivity index (χ2v) is 13.4. The van der Waals surface area contributed by atoms with E-state index >= 15 is 0 Å². The molecule has 0 heterocycles. The number of nitrogens with zero attached hydrogens (tertiary/aromatic N) is 1. The van der Waals surface area contributed by atoms with E-state index in [1.165, 1.54) is 24.8 Å². The average molecular weight is 579 g/mol. The Morgan fingerprint density at radius 1 is 1.05 bits per heavy atom. The van der Waals surface area contributed by atoms with Gasteiger partial charge in [0.25, 0.3) is 5.91 Å². The van der Waals surface area contributed by atoms with E-state index in [9.17, 15) is 19.5 Å². The zero-order valence-electron chi connectivity index (χ0n) is 25.5. The van der Waals surface area contributed by atoms with E-state index in [-0.39, 0.29) is 42.1 Å². The fourth-order valence-corrected chi connectivity index (χ4v) is 9.02. The largest absolute Gasteiger partial charge is 0.508 e. The van der Waals surface area contributed by atoms with Crippen LogP contribution in [0.3, 0.4) is 0 Å². The van der Waals surface area contributed by atoms with Gasteiger partial charge < -0.3 is 20.0 Å². The molecule has 0 unspecified atom stereocenters. The van der Waals surface area contributed by atoms with Crippen LogP contribution in [0.4, 0.5) is 0 Å². The van der Waals surface area contributed by atoms with Crippen LogP contribution in [0.5, 0.6) is 5.75 Å². The van der Waals surface area contributed by atoms with Gasteiger partial charge in [0.15, 0.2) is 6.61 Å². The number of carbonyl (C=O) groups excluding carboxylic acids is 3. The molecule has 5 rings (SSSR count). The van der Waals surface area contributed by atoms with Crippen molar-refractivity contribution in [3.05, 3.63) is 41.5 Å². The predicted molar refractivity (Wildman–Crippen MR) is 160 cm³/mol. The fraction of sp³-hybridized carbons (Fsp3) is 0.647. The van der Waals surface area contributed by atoms with Gasteiger partial charge in [-0.1, -0.05) is 36.7 Å². The molecule has 3 fully saturated rings. The lowest BCUT2D eigenvalue weighted by atomic mass is 9.46. The van der Waals surface area contributed by atoms with Crippen LogP contribution in [0.1, 0.15) is 84.6 Å². The number of carbonyl (C=O) groups is 3. The summed E-state index contributed by atoms with van der Waals surface area (Å²) < 4.78 is 5.15. The highest BCUT2D eigenvalue weighted by atomic mass is 16.6. The van der Waals surface area contributed by atoms with Crippen molar-refractivity contribution >= 4 is 23.4 Å². The molecule has 1 amide bonds. The maximum Gasteiger partial charge on any atom is 0.328 e. The molecule has 4 aliphatic rings. The standard InChI is InChI=1S/C34H46N2O6/c1-5-41-32(40)30(18-22-6-9-25(38)10-7-22)35-31(39)20-42-36-24-14-16-33(3)23(19-24)8-11-26-28-13-12-27(21(2)37)34(28,4)17-15-29(26)33/h6-7,9-10,19,26-30,38H,5,8,11-18,20H2,1-4H3,(H,35,39)/t26-,27+,28+,29+,30+,33+,34-/m1/s1. The molecule has 4 aliphatic carbocycles. The molecule has 0 bridgehead atoms. The molecule has 228 valence electrons. The Morgan fingerprint density at radius 3 is 2.52 bits per heavy atom. The van der Waals surface area contributed by atoms with Gasteiger partial charge in [-0.2, -0.15) is 0 Å². The highest BCUT2D eigenvalue weighted by molar-refractivity contribution is 5.96. The van der Waals surface area contributed by atoms with E-state index in [0.717, 1.165) is 43.4 Å². The molecule has 2 N–H and O–H groups in total. The number of allylic oxidation sites excluding steroid dienone is 2. The van der Waals surface area contributed by atoms with Crippen LogP contribution in [-0.4, -0.2) is 47.7 Å². The number of fused-ring (bicyclic) bond motifs is 5. The molecule has 0 aromatic heterocycles. The first-order valence-corrected chi connectivity index (χ1v) is 15.7. The number of hydrogen-bond donors (Lipinski definition) is 2. The molecule has 8 heteroatoms. The van der Waals surface area contributed by atoms with E-state index in [1.54, 1.807) is 38.1 Å². The smallest absolute Gasteiger partial charge is 0.328 e. The number of phenols is 1. The molecule has 0 spiro atoms. The maximum atomic E-state index is 12.7. The minimum absolute atomic E-state index is 0.132. The lowest BCUT2D eigenvalue weighted by molar-refractivity contribution is -0.147. The molecule has 1 aromatic rings. The summed E-state index contributed by atoms with van der Waals surface area (Å²) in [5.41, 5.74) is 3.40. The summed E-state index contributed by atoms with van der Waals surface area (Å²) in [6, 6.07) is 5.62. The van der Waals surface area contributed by atoms with Crippen LogP contribution in [0, 0.1) is 34.5 Å². The second-order valence-electron chi connectivity index (χ2n) is 13.4. The summed E-state index contributed by atoms with van der Waals surface area (Å²) in [6.45, 7) is 8.25. The summed E-state index contributed by atoms with van der Waals surface area (Å²) in [7, 11) is 0. The van der Waals surface area contributed by atoms with E-state index in [4.69, 9.17) is 9.57 Å². The van der Waals surface area contributed by atoms with Gasteiger partial charge in [-0.25, -0.2) is 4.79 Å². The van der Waals surface area contributed by atoms with Gasteiger partial charge in [0.2, 0.25) is 0 Å². The quantitative estimate of drug-likeness (QED) is 0.295. The number of ether oxygens (including phenoxy) is 1. The Labute approximate surface area is 249 Å². The number of rotatable bonds is 9. The fourth-order valence-electron chi connectivity index (χ4n) is 9.02. The van der Waals surface area contributed by atoms with Crippen LogP contribution in [0.25, 0.3) is 0 Å². The molecule has 0 radical (unpaired) electrons. The van der Waals surface area contributed by atoms with Crippen molar-refractivity contribution < 1.29 is 29.1 Å². The monoisotopic (exact) mass is 578 g/mol. The number of ketones is 1. The predicted octanol–water partition coefficient (Wildman–Crippen LogP) is 5.52. The van der Waals surface area contributed by atoms with E-state index < -0.39 is 17.9 Å². The Morgan fingerprint density at radius 2 is 1.81 bits per heavy atom. The first-order valence-electron chi connectivity index (χ1n) is 15.7. The number of Topliss-reactive ketones (excluding diaryl/α,β-unsaturated/α-hetero) is 1. The average Bonchev–Trinajstić information content (AvgIpc) is 3.31. The van der Waals surface area contributed by atoms with Crippen molar-refractivity contribution in [1.29, 1.82) is 0 Å². The van der Waals surface area contributed by atoms with Gasteiger partial charge in [0.1, 0.15) is 17.6 Å². The Balaban J connectivity index is 1.19. The number of nitrogens with one attached hydrogen (secondary N) is 1. The highest BCUT2D eigenvalue weighted by Crippen LogP contribution is 2.66. The molecule has 42 heavy (non-hydrogen) atoms. The lowest BCUT2D eigenvalue weighted by Gasteiger charge is -2.58. The molecule has 7 atom stereocenters. The summed E-state index contributed by atoms with van der Waals surface area (Å²) >= 11 is 0. The van der Waals surface area contributed by atoms with Crippen LogP contribution in [0.15, 0.2) is 41.1 Å². The lowest BCUT2D eigenvalue weighted by Crippen LogP contribution is -2.51. The van der Waals surface area contributed by atoms with Gasteiger partial charge in [-0.05, 0) is 118 Å². The summed E-state index contributed by atoms with van der Waals surface area (Å²) in [5.74, 6) is 1.74. The minimum Gasteiger partial charge on any atom is -0.508 e. The zero-order valence-corrected chi connectivity index (χ0v) is 25.5. The SMILES string of the molecule is CCOC(=O)[C@H](Cc1ccc(O)cc1)NC(=O)CON=C1C=C2CC[C@@H]3[C@@H]4CC[C@@H](C(C)=O)[C@@]4(C)CC[C@@H]3[C@@]2(C)CC1. The molecular weight excluding hydrogens is 532 g/mol. The Bertz CT molecular complexity index is 1250. The number of esters is 1. The van der Waals surface area contributed by atoms with Crippen molar-refractivity contribution in [3.8, 4) is 5.75 Å². The van der Waals surface area contributed by atoms with Crippen LogP contribution < -0.4 is 5.32 Å². The van der Waals surface area contributed by atoms with E-state index in [0.29, 0.717) is 23.5 Å². The van der Waals surface area contributed by atoms with Gasteiger partial charge >= 0.3 is 5.97 Å². The molecule has 1 aromatic carbocycles. The van der Waals surface area contributed by atoms with Crippen molar-refractivity contribution in [2.24, 2.45) is 39.7 Å². The number of benzene rings is 1. The van der Waals surface area contributed by atoms with Crippen LogP contribution in [0.2, 0.25) is 0 Å². The Hall–Kier alpha value is -3.16. The third-order valence-electron chi connectivity index (χ3n) is 11.1. The molecule has 0 aliphatic heterocycles. The first kappa shape index (κ1) is 30.3. The van der Waals surface area contributed by atoms with Crippen molar-refractivity contribution in [2.45, 2.75) is 91.5 Å². The summed E-state index contributed by atoms with van der Waals surface area (Å²) in [4.78, 5) is 43.1. The van der Waals surface area contributed by atoms with Gasteiger partial charge in [-0.3, -0.25) is 9.59 Å². The van der Waals surface area contributed by atoms with Crippen LogP contribution in [-0.2, 0) is 30.4 Å². The van der Waals surface area contributed by atoms with Crippen molar-refractivity contribution in [2.75, 3.05) is 13.2 Å². The topological polar surface area (TPSA) is 114 Å². The molecule has 3 saturated carbocycles.